The first-order valence-corrected chi connectivity index (χ1v) is 11.0. The molecule has 0 bridgehead atoms. The number of carbonyl (C=O) groups excluding carboxylic acids is 2. The van der Waals surface area contributed by atoms with Crippen molar-refractivity contribution in [1.82, 2.24) is 15.2 Å². The largest absolute Gasteiger partial charge is 0.339 e. The number of hydrogen-bond acceptors (Lipinski definition) is 4. The van der Waals surface area contributed by atoms with Crippen molar-refractivity contribution in [1.29, 1.82) is 0 Å². The maximum Gasteiger partial charge on any atom is 0.319 e. The lowest BCUT2D eigenvalue weighted by molar-refractivity contribution is -0.127. The number of hydrogen-bond donors (Lipinski definition) is 2. The Labute approximate surface area is 183 Å². The minimum Gasteiger partial charge on any atom is -0.339 e. The second-order valence-electron chi connectivity index (χ2n) is 7.49. The summed E-state index contributed by atoms with van der Waals surface area (Å²) in [5, 5.41) is 6.24. The highest BCUT2D eigenvalue weighted by molar-refractivity contribution is 7.19. The fraction of sp³-hybridized carbons (Fsp3) is 0.261. The van der Waals surface area contributed by atoms with Crippen molar-refractivity contribution in [3.8, 4) is 0 Å². The third-order valence-electron chi connectivity index (χ3n) is 5.14. The van der Waals surface area contributed by atoms with Crippen molar-refractivity contribution < 1.29 is 14.0 Å². The van der Waals surface area contributed by atoms with Gasteiger partial charge in [-0.3, -0.25) is 4.79 Å². The van der Waals surface area contributed by atoms with Crippen molar-refractivity contribution in [3.05, 3.63) is 65.4 Å². The second-order valence-corrected chi connectivity index (χ2v) is 8.55. The molecule has 2 N–H and O–H groups in total. The molecule has 1 aromatic heterocycles. The SMILES string of the molecule is O=C(NCC1CCCN(C(=O)/C=C/c2nc3ccccc3s2)C1)Nc1cccc(F)c1. The summed E-state index contributed by atoms with van der Waals surface area (Å²) < 4.78 is 14.3. The number of para-hydroxylation sites is 1. The number of benzene rings is 2. The van der Waals surface area contributed by atoms with E-state index in [0.29, 0.717) is 25.3 Å². The van der Waals surface area contributed by atoms with Crippen LogP contribution in [-0.4, -0.2) is 41.5 Å². The van der Waals surface area contributed by atoms with Crippen molar-refractivity contribution in [2.75, 3.05) is 25.0 Å². The molecular weight excluding hydrogens is 415 g/mol. The maximum absolute atomic E-state index is 13.2. The Kier molecular flexibility index (Phi) is 6.57. The molecule has 2 heterocycles. The Balaban J connectivity index is 1.27. The van der Waals surface area contributed by atoms with E-state index in [0.717, 1.165) is 28.1 Å². The molecule has 160 valence electrons. The molecule has 1 aliphatic rings. The summed E-state index contributed by atoms with van der Waals surface area (Å²) in [7, 11) is 0. The number of carbonyl (C=O) groups is 2. The number of urea groups is 1. The summed E-state index contributed by atoms with van der Waals surface area (Å²) in [5.41, 5.74) is 1.33. The standard InChI is InChI=1S/C23H23FN4O2S/c24-17-6-3-7-18(13-17)26-23(30)25-14-16-5-4-12-28(15-16)22(29)11-10-21-27-19-8-1-2-9-20(19)31-21/h1-3,6-11,13,16H,4-5,12,14-15H2,(H2,25,26,30)/b11-10+. The predicted octanol–water partition coefficient (Wildman–Crippen LogP) is 4.51. The molecule has 31 heavy (non-hydrogen) atoms. The van der Waals surface area contributed by atoms with Crippen molar-refractivity contribution in [2.45, 2.75) is 12.8 Å². The number of fused-ring (bicyclic) bond motifs is 1. The first-order chi connectivity index (χ1) is 15.1. The summed E-state index contributed by atoms with van der Waals surface area (Å²) in [6.07, 6.45) is 5.16. The van der Waals surface area contributed by atoms with Crippen LogP contribution in [-0.2, 0) is 4.79 Å². The first-order valence-electron chi connectivity index (χ1n) is 10.2. The van der Waals surface area contributed by atoms with Gasteiger partial charge < -0.3 is 15.5 Å². The van der Waals surface area contributed by atoms with E-state index in [1.54, 1.807) is 29.6 Å². The molecule has 6 nitrogen and oxygen atoms in total. The molecule has 1 fully saturated rings. The quantitative estimate of drug-likeness (QED) is 0.576. The van der Waals surface area contributed by atoms with Crippen LogP contribution in [0.15, 0.2) is 54.6 Å². The molecular formula is C23H23FN4O2S. The second kappa shape index (κ2) is 9.70. The van der Waals surface area contributed by atoms with Gasteiger partial charge in [-0.1, -0.05) is 18.2 Å². The van der Waals surface area contributed by atoms with Crippen LogP contribution in [0.2, 0.25) is 0 Å². The fourth-order valence-electron chi connectivity index (χ4n) is 3.62. The number of nitrogens with zero attached hydrogens (tertiary/aromatic N) is 2. The lowest BCUT2D eigenvalue weighted by atomic mass is 9.98. The molecule has 1 saturated heterocycles. The molecule has 8 heteroatoms. The van der Waals surface area contributed by atoms with E-state index < -0.39 is 5.82 Å². The summed E-state index contributed by atoms with van der Waals surface area (Å²) >= 11 is 1.55. The van der Waals surface area contributed by atoms with Crippen LogP contribution in [0.5, 0.6) is 0 Å². The summed E-state index contributed by atoms with van der Waals surface area (Å²) in [6, 6.07) is 13.3. The highest BCUT2D eigenvalue weighted by Gasteiger charge is 2.23. The smallest absolute Gasteiger partial charge is 0.319 e. The van der Waals surface area contributed by atoms with Crippen LogP contribution < -0.4 is 10.6 Å². The Morgan fingerprint density at radius 1 is 1.23 bits per heavy atom. The zero-order valence-electron chi connectivity index (χ0n) is 16.9. The monoisotopic (exact) mass is 438 g/mol. The number of thiazole rings is 1. The Morgan fingerprint density at radius 2 is 2.10 bits per heavy atom. The van der Waals surface area contributed by atoms with Crippen LogP contribution in [0.3, 0.4) is 0 Å². The average Bonchev–Trinajstić information content (AvgIpc) is 3.19. The van der Waals surface area contributed by atoms with Crippen molar-refractivity contribution in [3.63, 3.8) is 0 Å². The van der Waals surface area contributed by atoms with E-state index in [-0.39, 0.29) is 17.9 Å². The van der Waals surface area contributed by atoms with Gasteiger partial charge in [-0.05, 0) is 55.2 Å². The van der Waals surface area contributed by atoms with Crippen LogP contribution in [0.1, 0.15) is 17.8 Å². The maximum atomic E-state index is 13.2. The molecule has 0 aliphatic carbocycles. The minimum atomic E-state index is -0.405. The van der Waals surface area contributed by atoms with E-state index in [2.05, 4.69) is 15.6 Å². The number of aromatic nitrogens is 1. The molecule has 0 spiro atoms. The third kappa shape index (κ3) is 5.67. The van der Waals surface area contributed by atoms with Gasteiger partial charge in [0.05, 0.1) is 10.2 Å². The zero-order chi connectivity index (χ0) is 21.6. The summed E-state index contributed by atoms with van der Waals surface area (Å²) in [4.78, 5) is 31.0. The Hall–Kier alpha value is -3.26. The van der Waals surface area contributed by atoms with Crippen molar-refractivity contribution in [2.24, 2.45) is 5.92 Å². The normalized spacial score (nSPS) is 16.5. The summed E-state index contributed by atoms with van der Waals surface area (Å²) in [6.45, 7) is 1.74. The lowest BCUT2D eigenvalue weighted by Gasteiger charge is -2.32. The highest BCUT2D eigenvalue weighted by Crippen LogP contribution is 2.23. The molecule has 3 aromatic rings. The van der Waals surface area contributed by atoms with Gasteiger partial charge in [-0.25, -0.2) is 14.2 Å². The molecule has 3 amide bonds. The minimum absolute atomic E-state index is 0.0480. The van der Waals surface area contributed by atoms with Crippen LogP contribution in [0.4, 0.5) is 14.9 Å². The van der Waals surface area contributed by atoms with Crippen LogP contribution >= 0.6 is 11.3 Å². The van der Waals surface area contributed by atoms with E-state index in [1.165, 1.54) is 18.2 Å². The summed E-state index contributed by atoms with van der Waals surface area (Å²) in [5.74, 6) is -0.280. The van der Waals surface area contributed by atoms with Gasteiger partial charge in [0, 0.05) is 31.4 Å². The van der Waals surface area contributed by atoms with Crippen LogP contribution in [0.25, 0.3) is 16.3 Å². The molecule has 4 rings (SSSR count). The molecule has 2 aromatic carbocycles. The number of rotatable bonds is 5. The number of anilines is 1. The van der Waals surface area contributed by atoms with Gasteiger partial charge in [0.15, 0.2) is 0 Å². The highest BCUT2D eigenvalue weighted by atomic mass is 32.1. The van der Waals surface area contributed by atoms with Gasteiger partial charge in [0.1, 0.15) is 10.8 Å². The fourth-order valence-corrected chi connectivity index (χ4v) is 4.49. The number of likely N-dealkylation sites (tertiary alicyclic amines) is 1. The van der Waals surface area contributed by atoms with E-state index in [9.17, 15) is 14.0 Å². The van der Waals surface area contributed by atoms with E-state index in [4.69, 9.17) is 0 Å². The molecule has 1 unspecified atom stereocenters. The average molecular weight is 439 g/mol. The third-order valence-corrected chi connectivity index (χ3v) is 6.15. The first kappa shape index (κ1) is 21.0. The van der Waals surface area contributed by atoms with Gasteiger partial charge in [-0.2, -0.15) is 0 Å². The topological polar surface area (TPSA) is 74.3 Å². The van der Waals surface area contributed by atoms with Gasteiger partial charge in [0.25, 0.3) is 0 Å². The predicted molar refractivity (Wildman–Crippen MR) is 121 cm³/mol. The van der Waals surface area contributed by atoms with E-state index in [1.807, 2.05) is 29.2 Å². The molecule has 0 radical (unpaired) electrons. The zero-order valence-corrected chi connectivity index (χ0v) is 17.7. The van der Waals surface area contributed by atoms with Gasteiger partial charge in [0.2, 0.25) is 5.91 Å². The number of amides is 3. The van der Waals surface area contributed by atoms with Crippen molar-refractivity contribution >= 4 is 45.3 Å². The molecule has 0 saturated carbocycles. The number of halogens is 1. The van der Waals surface area contributed by atoms with Gasteiger partial charge >= 0.3 is 6.03 Å². The molecule has 1 aliphatic heterocycles. The van der Waals surface area contributed by atoms with Crippen LogP contribution in [0, 0.1) is 11.7 Å². The molecule has 1 atom stereocenters. The van der Waals surface area contributed by atoms with E-state index >= 15 is 0 Å². The van der Waals surface area contributed by atoms with Gasteiger partial charge in [-0.15, -0.1) is 11.3 Å². The Bertz CT molecular complexity index is 1080. The Morgan fingerprint density at radius 3 is 2.94 bits per heavy atom. The number of piperidine rings is 1. The number of nitrogens with one attached hydrogen (secondary N) is 2. The lowest BCUT2D eigenvalue weighted by Crippen LogP contribution is -2.43.